The largest absolute Gasteiger partial charge is 1.00 e. The normalized spacial score (nSPS) is 15.2. The molecular weight excluding hydrogens is 467 g/mol. The summed E-state index contributed by atoms with van der Waals surface area (Å²) < 4.78 is 12.5. The second-order valence-corrected chi connectivity index (χ2v) is 7.91. The molecule has 1 fully saturated rings. The fourth-order valence-corrected chi connectivity index (χ4v) is 4.24. The second kappa shape index (κ2) is 10.2. The van der Waals surface area contributed by atoms with E-state index in [9.17, 15) is 4.79 Å². The van der Waals surface area contributed by atoms with Gasteiger partial charge < -0.3 is 26.1 Å². The molecule has 4 aromatic rings. The summed E-state index contributed by atoms with van der Waals surface area (Å²) in [5, 5.41) is 13.1. The van der Waals surface area contributed by atoms with Gasteiger partial charge in [0.25, 0.3) is 5.91 Å². The van der Waals surface area contributed by atoms with E-state index in [-0.39, 0.29) is 24.4 Å². The first-order valence-electron chi connectivity index (χ1n) is 10.3. The lowest BCUT2D eigenvalue weighted by atomic mass is 10.0. The van der Waals surface area contributed by atoms with Gasteiger partial charge in [0.1, 0.15) is 12.3 Å². The summed E-state index contributed by atoms with van der Waals surface area (Å²) in [4.78, 5) is 16.7. The van der Waals surface area contributed by atoms with Crippen LogP contribution in [0.25, 0.3) is 0 Å². The molecule has 11 heteroatoms. The maximum atomic E-state index is 12.7. The summed E-state index contributed by atoms with van der Waals surface area (Å²) in [5.41, 5.74) is 0.912. The molecule has 172 valence electrons. The van der Waals surface area contributed by atoms with Crippen LogP contribution in [0.4, 0.5) is 0 Å². The van der Waals surface area contributed by atoms with Crippen molar-refractivity contribution in [2.75, 3.05) is 26.2 Å². The van der Waals surface area contributed by atoms with Crippen molar-refractivity contribution in [3.05, 3.63) is 89.0 Å². The average Bonchev–Trinajstić information content (AvgIpc) is 3.60. The molecule has 0 N–H and O–H groups in total. The van der Waals surface area contributed by atoms with E-state index >= 15 is 0 Å². The zero-order valence-corrected chi connectivity index (χ0v) is 19.1. The summed E-state index contributed by atoms with van der Waals surface area (Å²) in [6.45, 7) is 2.79. The van der Waals surface area contributed by atoms with Gasteiger partial charge in [-0.1, -0.05) is 29.8 Å². The van der Waals surface area contributed by atoms with Crippen LogP contribution in [-0.4, -0.2) is 62.1 Å². The Morgan fingerprint density at radius 3 is 2.45 bits per heavy atom. The van der Waals surface area contributed by atoms with Crippen LogP contribution < -0.4 is 12.4 Å². The number of carbonyl (C=O) groups excluding carboxylic acids is 1. The van der Waals surface area contributed by atoms with E-state index in [1.165, 1.54) is 6.26 Å². The average molecular weight is 488 g/mol. The molecule has 9 nitrogen and oxygen atoms in total. The van der Waals surface area contributed by atoms with Crippen LogP contribution in [0.5, 0.6) is 0 Å². The predicted octanol–water partition coefficient (Wildman–Crippen LogP) is 0.112. The van der Waals surface area contributed by atoms with Crippen molar-refractivity contribution < 1.29 is 26.0 Å². The van der Waals surface area contributed by atoms with Gasteiger partial charge in [0.15, 0.2) is 11.6 Å². The zero-order chi connectivity index (χ0) is 21.9. The van der Waals surface area contributed by atoms with E-state index in [1.54, 1.807) is 28.0 Å². The van der Waals surface area contributed by atoms with Gasteiger partial charge in [-0.25, -0.2) is 4.68 Å². The number of rotatable bonds is 6. The molecule has 1 amide bonds. The molecule has 1 aromatic carbocycles. The van der Waals surface area contributed by atoms with Gasteiger partial charge in [0.2, 0.25) is 0 Å². The molecule has 0 bridgehead atoms. The van der Waals surface area contributed by atoms with E-state index in [0.717, 1.165) is 11.3 Å². The molecule has 0 spiro atoms. The molecule has 1 atom stereocenters. The molecule has 1 unspecified atom stereocenters. The Labute approximate surface area is 201 Å². The molecular formula is C22H21Cl2N6O3-. The molecule has 1 saturated heterocycles. The van der Waals surface area contributed by atoms with Crippen LogP contribution in [0.2, 0.25) is 5.02 Å². The monoisotopic (exact) mass is 487 g/mol. The van der Waals surface area contributed by atoms with E-state index in [0.29, 0.717) is 49.3 Å². The first-order valence-corrected chi connectivity index (χ1v) is 10.7. The van der Waals surface area contributed by atoms with E-state index in [2.05, 4.69) is 20.4 Å². The number of piperazine rings is 1. The predicted molar refractivity (Wildman–Crippen MR) is 115 cm³/mol. The van der Waals surface area contributed by atoms with Crippen LogP contribution in [-0.2, 0) is 6.54 Å². The lowest BCUT2D eigenvalue weighted by Gasteiger charge is -2.38. The molecule has 33 heavy (non-hydrogen) atoms. The Bertz CT molecular complexity index is 1170. The highest BCUT2D eigenvalue weighted by molar-refractivity contribution is 6.31. The lowest BCUT2D eigenvalue weighted by molar-refractivity contribution is -0.0000178. The van der Waals surface area contributed by atoms with Crippen LogP contribution >= 0.6 is 11.6 Å². The maximum Gasteiger partial charge on any atom is 0.289 e. The fraction of sp³-hybridized carbons (Fsp3) is 0.273. The number of hydrogen-bond donors (Lipinski definition) is 0. The number of hydrogen-bond acceptors (Lipinski definition) is 7. The summed E-state index contributed by atoms with van der Waals surface area (Å²) in [7, 11) is 0. The second-order valence-electron chi connectivity index (χ2n) is 7.50. The minimum atomic E-state index is -0.269. The van der Waals surface area contributed by atoms with Gasteiger partial charge in [-0.15, -0.1) is 5.10 Å². The molecule has 0 saturated carbocycles. The Morgan fingerprint density at radius 1 is 1.00 bits per heavy atom. The number of nitrogens with zero attached hydrogens (tertiary/aromatic N) is 6. The number of amides is 1. The zero-order valence-electron chi connectivity index (χ0n) is 17.6. The van der Waals surface area contributed by atoms with Crippen LogP contribution in [0.3, 0.4) is 0 Å². The minimum Gasteiger partial charge on any atom is -1.00 e. The van der Waals surface area contributed by atoms with E-state index in [1.807, 2.05) is 36.4 Å². The molecule has 1 aliphatic heterocycles. The van der Waals surface area contributed by atoms with Crippen molar-refractivity contribution in [3.8, 4) is 0 Å². The third-order valence-electron chi connectivity index (χ3n) is 5.59. The Hall–Kier alpha value is -3.14. The third-order valence-corrected chi connectivity index (χ3v) is 5.93. The van der Waals surface area contributed by atoms with Gasteiger partial charge in [0.05, 0.1) is 18.6 Å². The van der Waals surface area contributed by atoms with Gasteiger partial charge in [-0.3, -0.25) is 9.69 Å². The van der Waals surface area contributed by atoms with Gasteiger partial charge in [-0.2, -0.15) is 0 Å². The van der Waals surface area contributed by atoms with Crippen molar-refractivity contribution in [1.29, 1.82) is 0 Å². The van der Waals surface area contributed by atoms with Crippen LogP contribution in [0.15, 0.2) is 69.9 Å². The highest BCUT2D eigenvalue weighted by atomic mass is 35.5. The van der Waals surface area contributed by atoms with Crippen molar-refractivity contribution in [3.63, 3.8) is 0 Å². The van der Waals surface area contributed by atoms with Gasteiger partial charge in [0, 0.05) is 31.2 Å². The first kappa shape index (κ1) is 23.0. The van der Waals surface area contributed by atoms with Crippen molar-refractivity contribution >= 4 is 17.5 Å². The molecule has 0 aliphatic carbocycles. The highest BCUT2D eigenvalue weighted by Crippen LogP contribution is 2.33. The molecule has 5 rings (SSSR count). The number of furan rings is 2. The Morgan fingerprint density at radius 2 is 1.76 bits per heavy atom. The lowest BCUT2D eigenvalue weighted by Crippen LogP contribution is -3.00. The minimum absolute atomic E-state index is 0. The maximum absolute atomic E-state index is 12.7. The molecule has 3 aromatic heterocycles. The van der Waals surface area contributed by atoms with Gasteiger partial charge in [-0.05, 0) is 46.3 Å². The molecule has 0 radical (unpaired) electrons. The van der Waals surface area contributed by atoms with E-state index < -0.39 is 0 Å². The SMILES string of the molecule is O=C(c1ccco1)N1CCN(C(c2ccccc2Cl)c2nnnn2Cc2ccco2)CC1.[Cl-]. The molecule has 4 heterocycles. The van der Waals surface area contributed by atoms with E-state index in [4.69, 9.17) is 20.4 Å². The fourth-order valence-electron chi connectivity index (χ4n) is 4.01. The third kappa shape index (κ3) is 4.80. The van der Waals surface area contributed by atoms with Crippen LogP contribution in [0.1, 0.15) is 33.7 Å². The summed E-state index contributed by atoms with van der Waals surface area (Å²) in [5.74, 6) is 1.67. The Kier molecular flexibility index (Phi) is 7.12. The number of tetrazole rings is 1. The summed E-state index contributed by atoms with van der Waals surface area (Å²) in [6, 6.07) is 14.5. The molecule has 1 aliphatic rings. The first-order chi connectivity index (χ1) is 15.7. The van der Waals surface area contributed by atoms with Crippen molar-refractivity contribution in [1.82, 2.24) is 30.0 Å². The Balaban J connectivity index is 0.00000259. The number of carbonyl (C=O) groups is 1. The van der Waals surface area contributed by atoms with Crippen molar-refractivity contribution in [2.24, 2.45) is 0 Å². The summed E-state index contributed by atoms with van der Waals surface area (Å²) in [6.07, 6.45) is 3.13. The quantitative estimate of drug-likeness (QED) is 0.381. The number of halogens is 2. The standard InChI is InChI=1S/C22H21ClN6O3.ClH/c23-18-7-2-1-6-17(18)20(21-24-25-26-29(21)15-16-5-3-13-31-16)27-9-11-28(12-10-27)22(30)19-8-4-14-32-19;/h1-8,13-14,20H,9-12,15H2;1H/p-1. The smallest absolute Gasteiger partial charge is 0.289 e. The number of benzene rings is 1. The van der Waals surface area contributed by atoms with Crippen molar-refractivity contribution in [2.45, 2.75) is 12.6 Å². The number of aromatic nitrogens is 4. The van der Waals surface area contributed by atoms with Gasteiger partial charge >= 0.3 is 0 Å². The van der Waals surface area contributed by atoms with Crippen LogP contribution in [0, 0.1) is 0 Å². The topological polar surface area (TPSA) is 93.4 Å². The summed E-state index contributed by atoms with van der Waals surface area (Å²) >= 11 is 6.60. The highest BCUT2D eigenvalue weighted by Gasteiger charge is 2.33.